The van der Waals surface area contributed by atoms with E-state index in [1.54, 1.807) is 0 Å². The van der Waals surface area contributed by atoms with Crippen LogP contribution in [-0.4, -0.2) is 37.7 Å². The molecule has 2 aromatic rings. The molecule has 0 saturated heterocycles. The summed E-state index contributed by atoms with van der Waals surface area (Å²) in [7, 11) is 0. The van der Waals surface area contributed by atoms with Crippen LogP contribution in [0.15, 0.2) is 25.3 Å². The van der Waals surface area contributed by atoms with Crippen molar-refractivity contribution in [1.29, 1.82) is 0 Å². The first-order valence-corrected chi connectivity index (χ1v) is 9.84. The Morgan fingerprint density at radius 1 is 0.630 bits per heavy atom. The molecule has 1 heteroatoms. The van der Waals surface area contributed by atoms with Crippen molar-refractivity contribution in [3.63, 3.8) is 0 Å². The zero-order valence-corrected chi connectivity index (χ0v) is 21.3. The maximum Gasteiger partial charge on any atom is 2.00 e. The monoisotopic (exact) mass is 390 g/mol. The van der Waals surface area contributed by atoms with E-state index in [9.17, 15) is 0 Å². The fraction of sp³-hybridized carbons (Fsp3) is 0.462. The van der Waals surface area contributed by atoms with Gasteiger partial charge in [-0.1, -0.05) is 80.4 Å². The Hall–Kier alpha value is -0.560. The molecule has 0 atom stereocenters. The Morgan fingerprint density at radius 3 is 1.11 bits per heavy atom. The van der Waals surface area contributed by atoms with Gasteiger partial charge in [-0.3, -0.25) is 0 Å². The maximum atomic E-state index is 3.76. The minimum Gasteiger partial charge on any atom is -0.195 e. The van der Waals surface area contributed by atoms with Crippen LogP contribution in [0.3, 0.4) is 0 Å². The molecule has 0 aliphatic heterocycles. The van der Waals surface area contributed by atoms with Crippen LogP contribution in [0, 0.1) is 55.4 Å². The molecule has 0 spiro atoms. The summed E-state index contributed by atoms with van der Waals surface area (Å²) >= 11 is 0. The third kappa shape index (κ3) is 6.21. The second kappa shape index (κ2) is 12.1. The summed E-state index contributed by atoms with van der Waals surface area (Å²) in [5, 5.41) is 0. The summed E-state index contributed by atoms with van der Waals surface area (Å²) < 4.78 is 0. The molecular weight excluding hydrogens is 352 g/mol. The fourth-order valence-corrected chi connectivity index (χ4v) is 3.84. The van der Waals surface area contributed by atoms with E-state index in [1.165, 1.54) is 55.6 Å². The molecule has 0 amide bonds. The van der Waals surface area contributed by atoms with Crippen molar-refractivity contribution >= 4 is 37.7 Å². The molecule has 2 rings (SSSR count). The zero-order valence-electron chi connectivity index (χ0n) is 19.1. The molecule has 0 aliphatic carbocycles. The van der Waals surface area contributed by atoms with Crippen LogP contribution in [0.25, 0.3) is 0 Å². The van der Waals surface area contributed by atoms with Gasteiger partial charge in [0.1, 0.15) is 0 Å². The summed E-state index contributed by atoms with van der Waals surface area (Å²) in [5.41, 5.74) is 14.9. The Morgan fingerprint density at radius 2 is 0.926 bits per heavy atom. The van der Waals surface area contributed by atoms with Crippen molar-refractivity contribution < 1.29 is 0 Å². The quantitative estimate of drug-likeness (QED) is 0.279. The molecule has 0 N–H and O–H groups in total. The van der Waals surface area contributed by atoms with Crippen molar-refractivity contribution in [2.24, 2.45) is 0 Å². The Balaban J connectivity index is 0.000000483. The summed E-state index contributed by atoms with van der Waals surface area (Å²) in [5.74, 6) is 0. The SMILES string of the molecule is C=CCCc1c(C)c(C)[c-](C)c1C.C=CCCc1c(C)c(C)[c-](C)c1C.[Ca+2]. The molecule has 0 bridgehead atoms. The first-order chi connectivity index (χ1) is 12.2. The molecule has 0 heterocycles. The molecule has 0 unspecified atom stereocenters. The van der Waals surface area contributed by atoms with Gasteiger partial charge in [-0.05, 0) is 12.8 Å². The largest absolute Gasteiger partial charge is 2.00 e. The molecule has 0 fully saturated rings. The van der Waals surface area contributed by atoms with Gasteiger partial charge in [0.2, 0.25) is 0 Å². The molecule has 2 aromatic carbocycles. The number of hydrogen-bond donors (Lipinski definition) is 0. The van der Waals surface area contributed by atoms with Crippen molar-refractivity contribution in [2.75, 3.05) is 0 Å². The smallest absolute Gasteiger partial charge is 0.195 e. The second-order valence-corrected chi connectivity index (χ2v) is 7.61. The number of rotatable bonds is 6. The first-order valence-electron chi connectivity index (χ1n) is 9.84. The van der Waals surface area contributed by atoms with Gasteiger partial charge in [0.15, 0.2) is 0 Å². The summed E-state index contributed by atoms with van der Waals surface area (Å²) in [6, 6.07) is 0. The molecule has 0 aromatic heterocycles. The van der Waals surface area contributed by atoms with Crippen molar-refractivity contribution in [2.45, 2.75) is 81.1 Å². The minimum atomic E-state index is 0. The Labute approximate surface area is 198 Å². The predicted octanol–water partition coefficient (Wildman–Crippen LogP) is 7.13. The average molecular weight is 391 g/mol. The van der Waals surface area contributed by atoms with Crippen molar-refractivity contribution in [3.8, 4) is 0 Å². The van der Waals surface area contributed by atoms with E-state index in [2.05, 4.69) is 68.5 Å². The second-order valence-electron chi connectivity index (χ2n) is 7.61. The van der Waals surface area contributed by atoms with Gasteiger partial charge < -0.3 is 0 Å². The van der Waals surface area contributed by atoms with Gasteiger partial charge in [-0.25, -0.2) is 0 Å². The van der Waals surface area contributed by atoms with E-state index in [-0.39, 0.29) is 37.7 Å². The van der Waals surface area contributed by atoms with Gasteiger partial charge in [0, 0.05) is 0 Å². The molecular formula is C26H38Ca. The van der Waals surface area contributed by atoms with Crippen molar-refractivity contribution in [3.05, 3.63) is 80.9 Å². The third-order valence-corrected chi connectivity index (χ3v) is 6.38. The Kier molecular flexibility index (Phi) is 11.8. The van der Waals surface area contributed by atoms with Crippen LogP contribution in [0.4, 0.5) is 0 Å². The average Bonchev–Trinajstić information content (AvgIpc) is 2.93. The molecule has 0 nitrogen and oxygen atoms in total. The van der Waals surface area contributed by atoms with Crippen molar-refractivity contribution in [1.82, 2.24) is 0 Å². The topological polar surface area (TPSA) is 0 Å². The zero-order chi connectivity index (χ0) is 20.0. The minimum absolute atomic E-state index is 0. The van der Waals surface area contributed by atoms with Gasteiger partial charge in [0.05, 0.1) is 0 Å². The third-order valence-electron chi connectivity index (χ3n) is 6.38. The molecule has 144 valence electrons. The molecule has 0 saturated carbocycles. The van der Waals surface area contributed by atoms with E-state index in [4.69, 9.17) is 0 Å². The van der Waals surface area contributed by atoms with Crippen LogP contribution >= 0.6 is 0 Å². The number of allylic oxidation sites excluding steroid dienone is 2. The molecule has 27 heavy (non-hydrogen) atoms. The van der Waals surface area contributed by atoms with Crippen LogP contribution in [0.2, 0.25) is 0 Å². The van der Waals surface area contributed by atoms with Crippen LogP contribution in [0.1, 0.15) is 68.5 Å². The number of hydrogen-bond acceptors (Lipinski definition) is 0. The normalized spacial score (nSPS) is 10.1. The molecule has 0 aliphatic rings. The van der Waals surface area contributed by atoms with Crippen LogP contribution in [0.5, 0.6) is 0 Å². The van der Waals surface area contributed by atoms with E-state index in [0.717, 1.165) is 25.7 Å². The van der Waals surface area contributed by atoms with E-state index < -0.39 is 0 Å². The van der Waals surface area contributed by atoms with Crippen LogP contribution in [-0.2, 0) is 12.8 Å². The summed E-state index contributed by atoms with van der Waals surface area (Å²) in [6.45, 7) is 25.3. The van der Waals surface area contributed by atoms with Gasteiger partial charge in [-0.2, -0.15) is 55.6 Å². The Bertz CT molecular complexity index is 648. The van der Waals surface area contributed by atoms with Gasteiger partial charge in [0.25, 0.3) is 0 Å². The standard InChI is InChI=1S/2C13H19.Ca/c2*1-6-7-8-13-11(4)9(2)10(3)12(13)5;/h2*6H,1,7-8H2,2-5H3;/q2*-1;+2. The predicted molar refractivity (Wildman–Crippen MR) is 125 cm³/mol. The van der Waals surface area contributed by atoms with Gasteiger partial charge >= 0.3 is 37.7 Å². The summed E-state index contributed by atoms with van der Waals surface area (Å²) in [6.07, 6.45) is 8.47. The van der Waals surface area contributed by atoms with Gasteiger partial charge in [-0.15, -0.1) is 13.2 Å². The van der Waals surface area contributed by atoms with E-state index in [1.807, 2.05) is 12.2 Å². The van der Waals surface area contributed by atoms with E-state index in [0.29, 0.717) is 0 Å². The maximum absolute atomic E-state index is 3.76. The first kappa shape index (κ1) is 26.4. The molecule has 0 radical (unpaired) electrons. The summed E-state index contributed by atoms with van der Waals surface area (Å²) in [4.78, 5) is 0. The van der Waals surface area contributed by atoms with E-state index >= 15 is 0 Å². The van der Waals surface area contributed by atoms with Crippen LogP contribution < -0.4 is 0 Å². The fourth-order valence-electron chi connectivity index (χ4n) is 3.84.